The Bertz CT molecular complexity index is 1190. The highest BCUT2D eigenvalue weighted by Crippen LogP contribution is 2.35. The van der Waals surface area contributed by atoms with Gasteiger partial charge < -0.3 is 19.9 Å². The van der Waals surface area contributed by atoms with Gasteiger partial charge in [0.25, 0.3) is 0 Å². The van der Waals surface area contributed by atoms with Gasteiger partial charge in [-0.2, -0.15) is 0 Å². The predicted molar refractivity (Wildman–Crippen MR) is 138 cm³/mol. The van der Waals surface area contributed by atoms with E-state index in [1.165, 1.54) is 16.8 Å². The van der Waals surface area contributed by atoms with Gasteiger partial charge >= 0.3 is 0 Å². The van der Waals surface area contributed by atoms with E-state index in [2.05, 4.69) is 80.8 Å². The van der Waals surface area contributed by atoms with Crippen molar-refractivity contribution in [2.75, 3.05) is 39.8 Å². The van der Waals surface area contributed by atoms with E-state index in [9.17, 15) is 4.79 Å². The van der Waals surface area contributed by atoms with Crippen LogP contribution in [0.1, 0.15) is 24.0 Å². The molecule has 1 saturated carbocycles. The van der Waals surface area contributed by atoms with Gasteiger partial charge in [0.05, 0.1) is 18.5 Å². The molecular weight excluding hydrogens is 436 g/mol. The zero-order valence-electron chi connectivity index (χ0n) is 20.2. The first-order valence-electron chi connectivity index (χ1n) is 12.6. The maximum absolute atomic E-state index is 12.5. The Morgan fingerprint density at radius 3 is 2.51 bits per heavy atom. The molecule has 1 aliphatic carbocycles. The number of nitrogens with zero attached hydrogens (tertiary/aromatic N) is 3. The molecule has 1 atom stereocenters. The lowest BCUT2D eigenvalue weighted by molar-refractivity contribution is -0.134. The fourth-order valence-corrected chi connectivity index (χ4v) is 5.20. The number of amides is 1. The highest BCUT2D eigenvalue weighted by molar-refractivity contribution is 5.81. The van der Waals surface area contributed by atoms with E-state index in [1.807, 2.05) is 12.1 Å². The molecule has 1 unspecified atom stereocenters. The third-order valence-electron chi connectivity index (χ3n) is 7.38. The van der Waals surface area contributed by atoms with E-state index in [0.717, 1.165) is 62.6 Å². The summed E-state index contributed by atoms with van der Waals surface area (Å²) in [6.07, 6.45) is 8.93. The maximum atomic E-state index is 12.5. The van der Waals surface area contributed by atoms with Gasteiger partial charge in [0, 0.05) is 50.4 Å². The van der Waals surface area contributed by atoms with Gasteiger partial charge in [-0.05, 0) is 42.2 Å². The minimum atomic E-state index is 0.0800. The molecule has 0 radical (unpaired) electrons. The monoisotopic (exact) mass is 468 g/mol. The highest BCUT2D eigenvalue weighted by atomic mass is 16.5. The van der Waals surface area contributed by atoms with Crippen LogP contribution in [0.5, 0.6) is 5.75 Å². The fraction of sp³-hybridized carbons (Fsp3) is 0.345. The standard InChI is InChI=1S/C29H32N4O2/c1-35-25-9-5-8-23(18-25)28-26(20-31-14-16-32(17-15-31)29(34)22-10-11-22)33-19-24(12-13-27(33)30-28)21-6-3-2-4-7-21/h2-9,12-13,18-19,22,27,30H,10-11,14-17,20H2,1H3. The van der Waals surface area contributed by atoms with Gasteiger partial charge in [0.15, 0.2) is 0 Å². The van der Waals surface area contributed by atoms with Crippen LogP contribution in [0.2, 0.25) is 0 Å². The van der Waals surface area contributed by atoms with Crippen molar-refractivity contribution < 1.29 is 9.53 Å². The van der Waals surface area contributed by atoms with Crippen LogP contribution in [-0.2, 0) is 4.79 Å². The molecule has 3 heterocycles. The van der Waals surface area contributed by atoms with Gasteiger partial charge in [0.2, 0.25) is 5.91 Å². The molecule has 2 aromatic rings. The number of carbonyl (C=O) groups is 1. The summed E-state index contributed by atoms with van der Waals surface area (Å²) in [4.78, 5) is 19.4. The zero-order valence-corrected chi connectivity index (χ0v) is 20.2. The van der Waals surface area contributed by atoms with Crippen LogP contribution in [0.25, 0.3) is 11.3 Å². The number of rotatable bonds is 6. The molecule has 1 amide bonds. The van der Waals surface area contributed by atoms with Gasteiger partial charge in [0.1, 0.15) is 11.9 Å². The van der Waals surface area contributed by atoms with E-state index < -0.39 is 0 Å². The number of methoxy groups -OCH3 is 1. The van der Waals surface area contributed by atoms with Crippen molar-refractivity contribution in [3.8, 4) is 5.75 Å². The van der Waals surface area contributed by atoms with Crippen molar-refractivity contribution in [1.29, 1.82) is 0 Å². The lowest BCUT2D eigenvalue weighted by atomic mass is 10.0. The highest BCUT2D eigenvalue weighted by Gasteiger charge is 2.36. The molecular formula is C29H32N4O2. The van der Waals surface area contributed by atoms with E-state index in [4.69, 9.17) is 4.74 Å². The molecule has 1 N–H and O–H groups in total. The van der Waals surface area contributed by atoms with Crippen LogP contribution in [-0.4, -0.2) is 66.6 Å². The van der Waals surface area contributed by atoms with Crippen LogP contribution < -0.4 is 10.1 Å². The Labute approximate surface area is 207 Å². The minimum absolute atomic E-state index is 0.0800. The second-order valence-electron chi connectivity index (χ2n) is 9.74. The number of hydrogen-bond donors (Lipinski definition) is 1. The van der Waals surface area contributed by atoms with Crippen molar-refractivity contribution >= 4 is 17.2 Å². The van der Waals surface area contributed by atoms with Gasteiger partial charge in [-0.3, -0.25) is 9.69 Å². The van der Waals surface area contributed by atoms with Crippen LogP contribution >= 0.6 is 0 Å². The first-order valence-corrected chi connectivity index (χ1v) is 12.6. The predicted octanol–water partition coefficient (Wildman–Crippen LogP) is 3.76. The second-order valence-corrected chi connectivity index (χ2v) is 9.74. The van der Waals surface area contributed by atoms with Crippen LogP contribution in [0.4, 0.5) is 0 Å². The number of piperazine rings is 1. The number of nitrogens with one attached hydrogen (secondary N) is 1. The van der Waals surface area contributed by atoms with Crippen molar-refractivity contribution in [2.24, 2.45) is 5.92 Å². The topological polar surface area (TPSA) is 48.1 Å². The molecule has 4 aliphatic rings. The summed E-state index contributed by atoms with van der Waals surface area (Å²) in [5.74, 6) is 1.51. The fourth-order valence-electron chi connectivity index (χ4n) is 5.20. The number of benzene rings is 2. The molecule has 3 aliphatic heterocycles. The third kappa shape index (κ3) is 4.46. The van der Waals surface area contributed by atoms with Gasteiger partial charge in [-0.15, -0.1) is 0 Å². The molecule has 6 heteroatoms. The lowest BCUT2D eigenvalue weighted by Gasteiger charge is -2.36. The molecule has 2 aromatic carbocycles. The summed E-state index contributed by atoms with van der Waals surface area (Å²) in [5, 5.41) is 3.75. The Hall–Kier alpha value is -3.51. The minimum Gasteiger partial charge on any atom is -0.497 e. The molecule has 0 aromatic heterocycles. The molecule has 2 fully saturated rings. The smallest absolute Gasteiger partial charge is 0.225 e. The maximum Gasteiger partial charge on any atom is 0.225 e. The van der Waals surface area contributed by atoms with Crippen molar-refractivity contribution in [3.05, 3.63) is 89.8 Å². The summed E-state index contributed by atoms with van der Waals surface area (Å²) in [5.41, 5.74) is 5.93. The Morgan fingerprint density at radius 1 is 1.00 bits per heavy atom. The summed E-state index contributed by atoms with van der Waals surface area (Å²) in [6.45, 7) is 4.26. The van der Waals surface area contributed by atoms with E-state index in [1.54, 1.807) is 7.11 Å². The summed E-state index contributed by atoms with van der Waals surface area (Å²) < 4.78 is 5.51. The van der Waals surface area contributed by atoms with Crippen LogP contribution in [0.15, 0.2) is 78.6 Å². The Kier molecular flexibility index (Phi) is 5.82. The number of allylic oxidation sites excluding steroid dienone is 2. The second kappa shape index (κ2) is 9.27. The summed E-state index contributed by atoms with van der Waals surface area (Å²) in [7, 11) is 1.71. The Morgan fingerprint density at radius 2 is 1.77 bits per heavy atom. The van der Waals surface area contributed by atoms with Crippen LogP contribution in [0.3, 0.4) is 0 Å². The van der Waals surface area contributed by atoms with Crippen molar-refractivity contribution in [1.82, 2.24) is 20.0 Å². The first kappa shape index (κ1) is 22.0. The number of hydrogen-bond acceptors (Lipinski definition) is 5. The number of ether oxygens (including phenoxy) is 1. The molecule has 180 valence electrons. The SMILES string of the molecule is COc1cccc(C2=C(CN3CCN(C(=O)C4CC4)CC3)N3C=C(c4ccccc4)C=CC3N2)c1. The number of carbonyl (C=O) groups excluding carboxylic acids is 1. The first-order chi connectivity index (χ1) is 17.2. The van der Waals surface area contributed by atoms with Gasteiger partial charge in [-0.25, -0.2) is 0 Å². The molecule has 0 spiro atoms. The van der Waals surface area contributed by atoms with Crippen LogP contribution in [0, 0.1) is 5.92 Å². The molecule has 6 nitrogen and oxygen atoms in total. The largest absolute Gasteiger partial charge is 0.497 e. The quantitative estimate of drug-likeness (QED) is 0.700. The molecule has 6 rings (SSSR count). The van der Waals surface area contributed by atoms with Gasteiger partial charge in [-0.1, -0.05) is 48.5 Å². The summed E-state index contributed by atoms with van der Waals surface area (Å²) in [6, 6.07) is 18.8. The Balaban J connectivity index is 1.29. The van der Waals surface area contributed by atoms with Crippen molar-refractivity contribution in [3.63, 3.8) is 0 Å². The van der Waals surface area contributed by atoms with E-state index in [0.29, 0.717) is 11.8 Å². The zero-order chi connectivity index (χ0) is 23.8. The molecule has 35 heavy (non-hydrogen) atoms. The summed E-state index contributed by atoms with van der Waals surface area (Å²) >= 11 is 0. The van der Waals surface area contributed by atoms with Crippen molar-refractivity contribution in [2.45, 2.75) is 19.0 Å². The average Bonchev–Trinajstić information content (AvgIpc) is 3.71. The molecule has 1 saturated heterocycles. The lowest BCUT2D eigenvalue weighted by Crippen LogP contribution is -2.50. The van der Waals surface area contributed by atoms with E-state index in [-0.39, 0.29) is 6.17 Å². The normalized spacial score (nSPS) is 22.1. The van der Waals surface area contributed by atoms with E-state index >= 15 is 0 Å². The third-order valence-corrected chi connectivity index (χ3v) is 7.38. The average molecular weight is 469 g/mol. The molecule has 0 bridgehead atoms. The number of fused-ring (bicyclic) bond motifs is 1.